The maximum Gasteiger partial charge on any atom is 0.351 e. The first kappa shape index (κ1) is 10.0. The van der Waals surface area contributed by atoms with Gasteiger partial charge in [-0.2, -0.15) is 4.98 Å². The van der Waals surface area contributed by atoms with E-state index in [1.807, 2.05) is 0 Å². The Morgan fingerprint density at radius 2 is 2.12 bits per heavy atom. The minimum atomic E-state index is -0.729. The third kappa shape index (κ3) is 1.52. The number of nitrogens with zero attached hydrogens (tertiary/aromatic N) is 1. The first-order valence-corrected chi connectivity index (χ1v) is 5.15. The second-order valence-corrected chi connectivity index (χ2v) is 3.90. The lowest BCUT2D eigenvalue weighted by Crippen LogP contribution is -2.24. The SMILES string of the molecule is O=c1nc2oc3cccc(Cl)c3cc-2c(=O)[nH]1. The number of benzene rings is 1. The van der Waals surface area contributed by atoms with Crippen molar-refractivity contribution in [3.63, 3.8) is 0 Å². The van der Waals surface area contributed by atoms with E-state index in [2.05, 4.69) is 9.97 Å². The lowest BCUT2D eigenvalue weighted by molar-refractivity contribution is 0.592. The molecule has 5 nitrogen and oxygen atoms in total. The predicted octanol–water partition coefficient (Wildman–Crippen LogP) is 1.63. The monoisotopic (exact) mass is 248 g/mol. The van der Waals surface area contributed by atoms with Crippen molar-refractivity contribution in [1.82, 2.24) is 9.97 Å². The summed E-state index contributed by atoms with van der Waals surface area (Å²) in [6.45, 7) is 0. The van der Waals surface area contributed by atoms with Gasteiger partial charge in [-0.15, -0.1) is 0 Å². The van der Waals surface area contributed by atoms with E-state index in [0.29, 0.717) is 16.0 Å². The van der Waals surface area contributed by atoms with Crippen molar-refractivity contribution in [2.45, 2.75) is 0 Å². The molecule has 1 aromatic carbocycles. The van der Waals surface area contributed by atoms with Gasteiger partial charge in [-0.3, -0.25) is 9.78 Å². The second-order valence-electron chi connectivity index (χ2n) is 3.49. The lowest BCUT2D eigenvalue weighted by atomic mass is 10.1. The average molecular weight is 249 g/mol. The molecule has 0 bridgehead atoms. The van der Waals surface area contributed by atoms with Crippen molar-refractivity contribution in [2.75, 3.05) is 0 Å². The first-order valence-electron chi connectivity index (χ1n) is 4.77. The van der Waals surface area contributed by atoms with Gasteiger partial charge >= 0.3 is 5.69 Å². The topological polar surface area (TPSA) is 76.0 Å². The van der Waals surface area contributed by atoms with Crippen molar-refractivity contribution in [3.05, 3.63) is 50.1 Å². The average Bonchev–Trinajstić information content (AvgIpc) is 2.27. The van der Waals surface area contributed by atoms with E-state index in [-0.39, 0.29) is 11.5 Å². The summed E-state index contributed by atoms with van der Waals surface area (Å²) in [5.41, 5.74) is -0.592. The Balaban J connectivity index is 2.58. The van der Waals surface area contributed by atoms with Gasteiger partial charge in [0.25, 0.3) is 5.56 Å². The van der Waals surface area contributed by atoms with Gasteiger partial charge in [0.05, 0.1) is 5.02 Å². The molecule has 1 aromatic rings. The normalized spacial score (nSPS) is 11.1. The van der Waals surface area contributed by atoms with Crippen molar-refractivity contribution in [1.29, 1.82) is 0 Å². The van der Waals surface area contributed by atoms with Crippen LogP contribution in [0.1, 0.15) is 0 Å². The van der Waals surface area contributed by atoms with Crippen LogP contribution in [-0.2, 0) is 0 Å². The van der Waals surface area contributed by atoms with E-state index < -0.39 is 11.2 Å². The number of rotatable bonds is 0. The molecule has 0 spiro atoms. The summed E-state index contributed by atoms with van der Waals surface area (Å²) in [7, 11) is 0. The van der Waals surface area contributed by atoms with Gasteiger partial charge in [0, 0.05) is 5.39 Å². The lowest BCUT2D eigenvalue weighted by Gasteiger charge is -2.04. The highest BCUT2D eigenvalue weighted by Crippen LogP contribution is 2.28. The zero-order valence-electron chi connectivity index (χ0n) is 8.36. The molecule has 84 valence electrons. The molecule has 0 amide bonds. The summed E-state index contributed by atoms with van der Waals surface area (Å²) in [5, 5.41) is 1.08. The van der Waals surface area contributed by atoms with Gasteiger partial charge in [-0.05, 0) is 18.2 Å². The van der Waals surface area contributed by atoms with Crippen LogP contribution < -0.4 is 11.2 Å². The molecule has 2 aliphatic heterocycles. The van der Waals surface area contributed by atoms with Crippen LogP contribution in [0.3, 0.4) is 0 Å². The highest BCUT2D eigenvalue weighted by molar-refractivity contribution is 6.35. The summed E-state index contributed by atoms with van der Waals surface area (Å²) in [4.78, 5) is 28.3. The molecule has 2 aliphatic rings. The molecule has 0 aromatic heterocycles. The molecule has 6 heteroatoms. The van der Waals surface area contributed by atoms with Crippen LogP contribution in [0.5, 0.6) is 0 Å². The minimum absolute atomic E-state index is 0.00789. The van der Waals surface area contributed by atoms with Gasteiger partial charge in [-0.25, -0.2) is 4.79 Å². The molecule has 0 saturated heterocycles. The number of aromatic nitrogens is 2. The highest BCUT2D eigenvalue weighted by atomic mass is 35.5. The fraction of sp³-hybridized carbons (Fsp3) is 0. The van der Waals surface area contributed by atoms with Crippen molar-refractivity contribution in [3.8, 4) is 11.5 Å². The number of fused-ring (bicyclic) bond motifs is 2. The molecule has 0 radical (unpaired) electrons. The number of hydrogen-bond acceptors (Lipinski definition) is 4. The summed E-state index contributed by atoms with van der Waals surface area (Å²) in [5.74, 6) is 0.00789. The summed E-state index contributed by atoms with van der Waals surface area (Å²) in [6, 6.07) is 6.65. The van der Waals surface area contributed by atoms with Gasteiger partial charge in [0.15, 0.2) is 0 Å². The van der Waals surface area contributed by atoms with E-state index in [1.54, 1.807) is 24.3 Å². The van der Waals surface area contributed by atoms with Crippen molar-refractivity contribution >= 4 is 22.6 Å². The predicted molar refractivity (Wildman–Crippen MR) is 62.5 cm³/mol. The van der Waals surface area contributed by atoms with Gasteiger partial charge in [0.1, 0.15) is 11.1 Å². The Kier molecular flexibility index (Phi) is 2.02. The number of aromatic amines is 1. The number of H-pyrrole nitrogens is 1. The van der Waals surface area contributed by atoms with E-state index in [1.165, 1.54) is 0 Å². The molecule has 3 rings (SSSR count). The molecule has 0 saturated carbocycles. The molecule has 0 fully saturated rings. The molecular weight excluding hydrogens is 244 g/mol. The van der Waals surface area contributed by atoms with Crippen molar-refractivity contribution in [2.24, 2.45) is 0 Å². The Morgan fingerprint density at radius 1 is 1.29 bits per heavy atom. The maximum atomic E-state index is 11.6. The largest absolute Gasteiger partial charge is 0.437 e. The summed E-state index contributed by atoms with van der Waals surface area (Å²) < 4.78 is 5.37. The molecule has 2 heterocycles. The van der Waals surface area contributed by atoms with Gasteiger partial charge in [-0.1, -0.05) is 17.7 Å². The smallest absolute Gasteiger partial charge is 0.351 e. The van der Waals surface area contributed by atoms with Gasteiger partial charge < -0.3 is 4.42 Å². The molecule has 1 N–H and O–H groups in total. The van der Waals surface area contributed by atoms with E-state index in [4.69, 9.17) is 16.0 Å². The second kappa shape index (κ2) is 3.43. The maximum absolute atomic E-state index is 11.6. The van der Waals surface area contributed by atoms with Crippen LogP contribution in [0.25, 0.3) is 22.4 Å². The van der Waals surface area contributed by atoms with E-state index in [9.17, 15) is 9.59 Å². The Hall–Kier alpha value is -2.14. The van der Waals surface area contributed by atoms with Crippen LogP contribution in [0, 0.1) is 0 Å². The Morgan fingerprint density at radius 3 is 2.94 bits per heavy atom. The third-order valence-electron chi connectivity index (χ3n) is 2.41. The zero-order chi connectivity index (χ0) is 12.0. The Bertz CT molecular complexity index is 806. The summed E-state index contributed by atoms with van der Waals surface area (Å²) >= 11 is 5.99. The quantitative estimate of drug-likeness (QED) is 0.614. The number of nitrogens with one attached hydrogen (secondary N) is 1. The standard InChI is InChI=1S/C11H5ClN2O3/c12-7-2-1-3-8-5(7)4-6-9(15)13-11(16)14-10(6)17-8/h1-4H,(H,13,15,16). The number of halogens is 1. The van der Waals surface area contributed by atoms with Crippen LogP contribution in [0.4, 0.5) is 0 Å². The molecule has 17 heavy (non-hydrogen) atoms. The molecule has 0 unspecified atom stereocenters. The van der Waals surface area contributed by atoms with Crippen LogP contribution in [-0.4, -0.2) is 9.97 Å². The fourth-order valence-electron chi connectivity index (χ4n) is 1.64. The van der Waals surface area contributed by atoms with Crippen LogP contribution in [0.2, 0.25) is 5.02 Å². The number of hydrogen-bond donors (Lipinski definition) is 1. The molecular formula is C11H5ClN2O3. The fourth-order valence-corrected chi connectivity index (χ4v) is 1.86. The highest BCUT2D eigenvalue weighted by Gasteiger charge is 2.14. The minimum Gasteiger partial charge on any atom is -0.437 e. The van der Waals surface area contributed by atoms with Crippen molar-refractivity contribution < 1.29 is 4.42 Å². The first-order chi connectivity index (χ1) is 8.15. The third-order valence-corrected chi connectivity index (χ3v) is 2.74. The van der Waals surface area contributed by atoms with Crippen LogP contribution in [0.15, 0.2) is 38.3 Å². The van der Waals surface area contributed by atoms with Crippen LogP contribution >= 0.6 is 11.6 Å². The zero-order valence-corrected chi connectivity index (χ0v) is 9.12. The van der Waals surface area contributed by atoms with E-state index >= 15 is 0 Å². The molecule has 0 aliphatic carbocycles. The Labute approximate surface area is 99.0 Å². The summed E-state index contributed by atoms with van der Waals surface area (Å²) in [6.07, 6.45) is 0. The van der Waals surface area contributed by atoms with Gasteiger partial charge in [0.2, 0.25) is 5.89 Å². The van der Waals surface area contributed by atoms with E-state index in [0.717, 1.165) is 0 Å². The molecule has 0 atom stereocenters.